The van der Waals surface area contributed by atoms with Crippen molar-refractivity contribution < 1.29 is 23.8 Å². The Morgan fingerprint density at radius 3 is 2.67 bits per heavy atom. The summed E-state index contributed by atoms with van der Waals surface area (Å²) in [4.78, 5) is 28.7. The number of amides is 2. The van der Waals surface area contributed by atoms with Gasteiger partial charge in [0.05, 0.1) is 22.4 Å². The predicted molar refractivity (Wildman–Crippen MR) is 162 cm³/mol. The lowest BCUT2D eigenvalue weighted by atomic mass is 9.99. The molecule has 10 heteroatoms. The van der Waals surface area contributed by atoms with Gasteiger partial charge in [-0.25, -0.2) is 4.68 Å². The van der Waals surface area contributed by atoms with Gasteiger partial charge in [0.1, 0.15) is 12.4 Å². The molecular formula is C32H32N4O5S. The SMILES string of the molecule is COCCCNC(=O)CN1C(=O)CS[C@H](c2ccc3c(c2)OCO3)c2c(-c3ccccc3)nn(-c3ccccc3C)c21. The Morgan fingerprint density at radius 2 is 1.86 bits per heavy atom. The summed E-state index contributed by atoms with van der Waals surface area (Å²) >= 11 is 1.52. The number of thioether (sulfide) groups is 1. The largest absolute Gasteiger partial charge is 0.454 e. The van der Waals surface area contributed by atoms with Crippen molar-refractivity contribution in [2.24, 2.45) is 0 Å². The number of rotatable bonds is 9. The smallest absolute Gasteiger partial charge is 0.240 e. The molecule has 0 fully saturated rings. The second kappa shape index (κ2) is 12.3. The topological polar surface area (TPSA) is 94.9 Å². The number of para-hydroxylation sites is 1. The first-order valence-electron chi connectivity index (χ1n) is 13.9. The molecule has 4 aromatic rings. The summed E-state index contributed by atoms with van der Waals surface area (Å²) in [6, 6.07) is 23.8. The van der Waals surface area contributed by atoms with Gasteiger partial charge in [0, 0.05) is 31.4 Å². The van der Waals surface area contributed by atoms with Crippen molar-refractivity contribution >= 4 is 29.4 Å². The van der Waals surface area contributed by atoms with Gasteiger partial charge in [0.25, 0.3) is 0 Å². The van der Waals surface area contributed by atoms with E-state index in [2.05, 4.69) is 5.32 Å². The Labute approximate surface area is 248 Å². The lowest BCUT2D eigenvalue weighted by Gasteiger charge is -2.23. The maximum absolute atomic E-state index is 13.9. The van der Waals surface area contributed by atoms with E-state index in [0.29, 0.717) is 36.9 Å². The number of carbonyl (C=O) groups excluding carboxylic acids is 2. The average Bonchev–Trinajstić information content (AvgIpc) is 3.61. The van der Waals surface area contributed by atoms with Crippen molar-refractivity contribution in [3.63, 3.8) is 0 Å². The van der Waals surface area contributed by atoms with Crippen LogP contribution in [0.4, 0.5) is 5.82 Å². The molecule has 2 aliphatic rings. The molecule has 6 rings (SSSR count). The number of benzene rings is 3. The molecule has 216 valence electrons. The second-order valence-electron chi connectivity index (χ2n) is 10.1. The van der Waals surface area contributed by atoms with Crippen LogP contribution in [0.5, 0.6) is 11.5 Å². The zero-order valence-electron chi connectivity index (χ0n) is 23.5. The normalized spacial score (nSPS) is 15.8. The van der Waals surface area contributed by atoms with E-state index in [4.69, 9.17) is 19.3 Å². The molecular weight excluding hydrogens is 552 g/mol. The number of nitrogens with zero attached hydrogens (tertiary/aromatic N) is 3. The summed E-state index contributed by atoms with van der Waals surface area (Å²) in [5.41, 5.74) is 5.34. The molecule has 2 aliphatic heterocycles. The molecule has 0 radical (unpaired) electrons. The quantitative estimate of drug-likeness (QED) is 0.280. The van der Waals surface area contributed by atoms with Gasteiger partial charge in [-0.05, 0) is 42.7 Å². The van der Waals surface area contributed by atoms with Crippen molar-refractivity contribution in [1.29, 1.82) is 0 Å². The highest BCUT2D eigenvalue weighted by atomic mass is 32.2. The highest BCUT2D eigenvalue weighted by Crippen LogP contribution is 2.50. The highest BCUT2D eigenvalue weighted by Gasteiger charge is 2.38. The highest BCUT2D eigenvalue weighted by molar-refractivity contribution is 8.00. The summed E-state index contributed by atoms with van der Waals surface area (Å²) < 4.78 is 18.2. The number of nitrogens with one attached hydrogen (secondary N) is 1. The number of anilines is 1. The van der Waals surface area contributed by atoms with Crippen LogP contribution in [0.1, 0.15) is 28.4 Å². The number of hydrogen-bond donors (Lipinski definition) is 1. The number of aromatic nitrogens is 2. The van der Waals surface area contributed by atoms with E-state index < -0.39 is 0 Å². The molecule has 3 heterocycles. The number of fused-ring (bicyclic) bond motifs is 2. The van der Waals surface area contributed by atoms with E-state index in [1.807, 2.05) is 84.4 Å². The van der Waals surface area contributed by atoms with Gasteiger partial charge in [-0.2, -0.15) is 5.10 Å². The molecule has 0 aliphatic carbocycles. The molecule has 0 unspecified atom stereocenters. The first kappa shape index (κ1) is 27.9. The molecule has 2 amide bonds. The van der Waals surface area contributed by atoms with Crippen LogP contribution in [-0.2, 0) is 14.3 Å². The van der Waals surface area contributed by atoms with Crippen molar-refractivity contribution in [3.8, 4) is 28.4 Å². The fourth-order valence-corrected chi connectivity index (χ4v) is 6.47. The molecule has 1 atom stereocenters. The number of aryl methyl sites for hydroxylation is 1. The maximum atomic E-state index is 13.9. The Kier molecular flexibility index (Phi) is 8.16. The van der Waals surface area contributed by atoms with Crippen LogP contribution in [0.2, 0.25) is 0 Å². The van der Waals surface area contributed by atoms with Crippen molar-refractivity contribution in [3.05, 3.63) is 89.5 Å². The van der Waals surface area contributed by atoms with Gasteiger partial charge in [0.2, 0.25) is 18.6 Å². The van der Waals surface area contributed by atoms with Gasteiger partial charge >= 0.3 is 0 Å². The minimum Gasteiger partial charge on any atom is -0.454 e. The maximum Gasteiger partial charge on any atom is 0.240 e. The van der Waals surface area contributed by atoms with Gasteiger partial charge in [-0.1, -0.05) is 54.6 Å². The summed E-state index contributed by atoms with van der Waals surface area (Å²) in [7, 11) is 1.63. The van der Waals surface area contributed by atoms with Crippen LogP contribution in [-0.4, -0.2) is 60.9 Å². The Bertz CT molecular complexity index is 1610. The first-order valence-corrected chi connectivity index (χ1v) is 14.9. The minimum atomic E-state index is -0.263. The van der Waals surface area contributed by atoms with Crippen LogP contribution in [0, 0.1) is 6.92 Å². The van der Waals surface area contributed by atoms with Crippen molar-refractivity contribution in [1.82, 2.24) is 15.1 Å². The van der Waals surface area contributed by atoms with E-state index in [-0.39, 0.29) is 36.2 Å². The van der Waals surface area contributed by atoms with Gasteiger partial charge in [0.15, 0.2) is 11.5 Å². The standard InChI is InChI=1S/C32H32N4O5S/c1-21-9-6-7-12-24(21)36-32-29(30(34-36)22-10-4-3-5-11-22)31(23-13-14-25-26(17-23)41-20-40-25)42-19-28(38)35(32)18-27(37)33-15-8-16-39-2/h3-7,9-14,17,31H,8,15-16,18-20H2,1-2H3,(H,33,37)/t31-/m1/s1. The van der Waals surface area contributed by atoms with Gasteiger partial charge < -0.3 is 19.5 Å². The Hall–Kier alpha value is -4.28. The van der Waals surface area contributed by atoms with E-state index in [1.54, 1.807) is 12.0 Å². The third-order valence-corrected chi connectivity index (χ3v) is 8.58. The first-order chi connectivity index (χ1) is 20.5. The Balaban J connectivity index is 1.54. The predicted octanol–water partition coefficient (Wildman–Crippen LogP) is 4.90. The van der Waals surface area contributed by atoms with E-state index in [0.717, 1.165) is 33.6 Å². The molecule has 9 nitrogen and oxygen atoms in total. The Morgan fingerprint density at radius 1 is 1.07 bits per heavy atom. The molecule has 3 aromatic carbocycles. The zero-order chi connectivity index (χ0) is 29.1. The van der Waals surface area contributed by atoms with Crippen LogP contribution in [0.25, 0.3) is 16.9 Å². The lowest BCUT2D eigenvalue weighted by Crippen LogP contribution is -2.42. The van der Waals surface area contributed by atoms with Crippen molar-refractivity contribution in [2.45, 2.75) is 18.6 Å². The van der Waals surface area contributed by atoms with E-state index in [9.17, 15) is 9.59 Å². The monoisotopic (exact) mass is 584 g/mol. The van der Waals surface area contributed by atoms with Crippen LogP contribution >= 0.6 is 11.8 Å². The van der Waals surface area contributed by atoms with Gasteiger partial charge in [-0.3, -0.25) is 14.5 Å². The number of hydrogen-bond acceptors (Lipinski definition) is 7. The fraction of sp³-hybridized carbons (Fsp3) is 0.281. The third-order valence-electron chi connectivity index (χ3n) is 7.33. The number of methoxy groups -OCH3 is 1. The molecule has 1 aromatic heterocycles. The number of carbonyl (C=O) groups is 2. The van der Waals surface area contributed by atoms with E-state index >= 15 is 0 Å². The summed E-state index contributed by atoms with van der Waals surface area (Å²) in [5.74, 6) is 1.74. The molecule has 0 spiro atoms. The molecule has 42 heavy (non-hydrogen) atoms. The van der Waals surface area contributed by atoms with Crippen molar-refractivity contribution in [2.75, 3.05) is 44.3 Å². The zero-order valence-corrected chi connectivity index (χ0v) is 24.4. The fourth-order valence-electron chi connectivity index (χ4n) is 5.28. The molecule has 0 saturated carbocycles. The molecule has 0 saturated heterocycles. The lowest BCUT2D eigenvalue weighted by molar-refractivity contribution is -0.122. The van der Waals surface area contributed by atoms with Crippen LogP contribution < -0.4 is 19.7 Å². The molecule has 0 bridgehead atoms. The van der Waals surface area contributed by atoms with Crippen LogP contribution in [0.3, 0.4) is 0 Å². The van der Waals surface area contributed by atoms with Crippen LogP contribution in [0.15, 0.2) is 72.8 Å². The number of ether oxygens (including phenoxy) is 3. The molecule has 1 N–H and O–H groups in total. The van der Waals surface area contributed by atoms with Gasteiger partial charge in [-0.15, -0.1) is 11.8 Å². The van der Waals surface area contributed by atoms with E-state index in [1.165, 1.54) is 11.8 Å². The summed E-state index contributed by atoms with van der Waals surface area (Å²) in [5, 5.41) is 7.84. The summed E-state index contributed by atoms with van der Waals surface area (Å²) in [6.45, 7) is 3.07. The minimum absolute atomic E-state index is 0.126. The average molecular weight is 585 g/mol. The second-order valence-corrected chi connectivity index (χ2v) is 11.2. The summed E-state index contributed by atoms with van der Waals surface area (Å²) in [6.07, 6.45) is 0.683. The third kappa shape index (κ3) is 5.47.